The summed E-state index contributed by atoms with van der Waals surface area (Å²) in [5, 5.41) is 8.01. The second kappa shape index (κ2) is 9.32. The predicted octanol–water partition coefficient (Wildman–Crippen LogP) is 3.34. The molecule has 172 valence electrons. The lowest BCUT2D eigenvalue weighted by atomic mass is 10.1. The Hall–Kier alpha value is -1.62. The number of anilines is 4. The Labute approximate surface area is 203 Å². The molecule has 2 aromatic rings. The van der Waals surface area contributed by atoms with Gasteiger partial charge >= 0.3 is 0 Å². The maximum absolute atomic E-state index is 6.36. The van der Waals surface area contributed by atoms with Crippen LogP contribution in [0.5, 0.6) is 0 Å². The Kier molecular flexibility index (Phi) is 6.46. The van der Waals surface area contributed by atoms with E-state index in [0.29, 0.717) is 31.1 Å². The van der Waals surface area contributed by atoms with Gasteiger partial charge < -0.3 is 30.3 Å². The fourth-order valence-corrected chi connectivity index (χ4v) is 5.84. The molecule has 11 heteroatoms. The van der Waals surface area contributed by atoms with Crippen LogP contribution in [0, 0.1) is 0 Å². The minimum absolute atomic E-state index is 0.240. The van der Waals surface area contributed by atoms with Crippen molar-refractivity contribution in [2.75, 3.05) is 48.0 Å². The summed E-state index contributed by atoms with van der Waals surface area (Å²) in [7, 11) is 0. The van der Waals surface area contributed by atoms with Crippen LogP contribution in [-0.4, -0.2) is 65.6 Å². The van der Waals surface area contributed by atoms with E-state index >= 15 is 0 Å². The molecule has 0 amide bonds. The van der Waals surface area contributed by atoms with Crippen LogP contribution < -0.4 is 20.9 Å². The van der Waals surface area contributed by atoms with Gasteiger partial charge in [-0.25, -0.2) is 9.44 Å². The summed E-state index contributed by atoms with van der Waals surface area (Å²) < 4.78 is 13.6. The van der Waals surface area contributed by atoms with Crippen molar-refractivity contribution in [3.05, 3.63) is 30.5 Å². The average molecular weight is 569 g/mol. The molecule has 0 spiro atoms. The van der Waals surface area contributed by atoms with Gasteiger partial charge in [0.2, 0.25) is 0 Å². The number of nitrogens with zero attached hydrogens (tertiary/aromatic N) is 5. The van der Waals surface area contributed by atoms with Crippen LogP contribution in [0.15, 0.2) is 24.9 Å². The van der Waals surface area contributed by atoms with Gasteiger partial charge in [0.05, 0.1) is 49.1 Å². The Morgan fingerprint density at radius 2 is 2.12 bits per heavy atom. The van der Waals surface area contributed by atoms with E-state index < -0.39 is 0 Å². The first-order valence-electron chi connectivity index (χ1n) is 11.0. The number of morpholine rings is 2. The molecule has 3 unspecified atom stereocenters. The molecular weight excluding hydrogens is 540 g/mol. The summed E-state index contributed by atoms with van der Waals surface area (Å²) in [5.41, 5.74) is 8.74. The number of halogens is 1. The first-order valence-corrected chi connectivity index (χ1v) is 15.0. The highest BCUT2D eigenvalue weighted by Crippen LogP contribution is 2.39. The molecule has 3 aliphatic heterocycles. The van der Waals surface area contributed by atoms with Crippen LogP contribution in [0.25, 0.3) is 5.70 Å². The molecule has 4 atom stereocenters. The second-order valence-electron chi connectivity index (χ2n) is 8.58. The van der Waals surface area contributed by atoms with Gasteiger partial charge in [0.25, 0.3) is 0 Å². The highest BCUT2D eigenvalue weighted by molar-refractivity contribution is 14.2. The highest BCUT2D eigenvalue weighted by atomic mass is 127. The Morgan fingerprint density at radius 3 is 2.78 bits per heavy atom. The molecule has 3 fully saturated rings. The Balaban J connectivity index is 1.59. The summed E-state index contributed by atoms with van der Waals surface area (Å²) >= 11 is 2.31. The zero-order valence-corrected chi connectivity index (χ0v) is 21.3. The van der Waals surface area contributed by atoms with Crippen molar-refractivity contribution in [1.82, 2.24) is 14.5 Å². The van der Waals surface area contributed by atoms with Crippen molar-refractivity contribution in [2.45, 2.75) is 38.0 Å². The maximum Gasteiger partial charge on any atom is 0.153 e. The van der Waals surface area contributed by atoms with Crippen molar-refractivity contribution >= 4 is 57.3 Å². The quantitative estimate of drug-likeness (QED) is 0.405. The number of hydrogen-bond donors (Lipinski definition) is 2. The molecule has 0 radical (unpaired) electrons. The van der Waals surface area contributed by atoms with E-state index in [0.717, 1.165) is 55.4 Å². The molecule has 0 aliphatic carbocycles. The fourth-order valence-electron chi connectivity index (χ4n) is 4.76. The van der Waals surface area contributed by atoms with Gasteiger partial charge in [0, 0.05) is 43.7 Å². The van der Waals surface area contributed by atoms with Crippen molar-refractivity contribution in [2.24, 2.45) is 5.73 Å². The lowest BCUT2D eigenvalue weighted by molar-refractivity contribution is 0.0305. The number of hydrogen-bond acceptors (Lipinski definition) is 8. The molecular formula is C21H29IN7O2P. The van der Waals surface area contributed by atoms with Crippen LogP contribution in [0.2, 0.25) is 0 Å². The standard InChI is InChI=1S/C21H29IN7O2P/c1-13-12-30-8-7-28(13)19-9-17(27-10-15-3-4-16(11-27)31-15)20(14(2)23)21(25-19)24-18-5-6-29(26-18)32-22/h5-6,9,13,15-16,32H,2-4,7-8,10-12,23H2,1H3,(H,24,25,26)/t13-,15?,16?/m1/s1. The van der Waals surface area contributed by atoms with Crippen LogP contribution >= 0.6 is 28.4 Å². The molecule has 5 heterocycles. The van der Waals surface area contributed by atoms with E-state index in [-0.39, 0.29) is 18.2 Å². The highest BCUT2D eigenvalue weighted by Gasteiger charge is 2.36. The smallest absolute Gasteiger partial charge is 0.153 e. The minimum Gasteiger partial charge on any atom is -0.399 e. The third-order valence-corrected chi connectivity index (χ3v) is 8.18. The summed E-state index contributed by atoms with van der Waals surface area (Å²) in [6, 6.07) is 4.36. The van der Waals surface area contributed by atoms with Gasteiger partial charge in [-0.3, -0.25) is 0 Å². The SMILES string of the molecule is C=C(N)c1c(N2CC3CCC(C2)O3)cc(N2CCOC[C@H]2C)nc1Nc1ccn(PI)n1. The van der Waals surface area contributed by atoms with E-state index in [1.54, 1.807) is 0 Å². The first kappa shape index (κ1) is 22.2. The van der Waals surface area contributed by atoms with Crippen molar-refractivity contribution in [1.29, 1.82) is 0 Å². The molecule has 3 saturated heterocycles. The van der Waals surface area contributed by atoms with Gasteiger partial charge in [0.15, 0.2) is 5.82 Å². The normalized spacial score (nSPS) is 25.6. The van der Waals surface area contributed by atoms with Gasteiger partial charge in [-0.2, -0.15) is 5.10 Å². The lowest BCUT2D eigenvalue weighted by Gasteiger charge is -2.38. The van der Waals surface area contributed by atoms with Crippen LogP contribution in [-0.2, 0) is 9.47 Å². The molecule has 9 nitrogen and oxygen atoms in total. The third kappa shape index (κ3) is 4.42. The van der Waals surface area contributed by atoms with Crippen LogP contribution in [0.1, 0.15) is 25.3 Å². The van der Waals surface area contributed by atoms with E-state index in [1.165, 1.54) is 0 Å². The van der Waals surface area contributed by atoms with Crippen LogP contribution in [0.3, 0.4) is 0 Å². The molecule has 32 heavy (non-hydrogen) atoms. The molecule has 2 aromatic heterocycles. The molecule has 0 saturated carbocycles. The molecule has 3 N–H and O–H groups in total. The Bertz CT molecular complexity index is 991. The molecule has 0 aromatic carbocycles. The van der Waals surface area contributed by atoms with Crippen molar-refractivity contribution < 1.29 is 9.47 Å². The number of nitrogens with two attached hydrogens (primary N) is 1. The summed E-state index contributed by atoms with van der Waals surface area (Å²) in [6.45, 7) is 10.1. The zero-order chi connectivity index (χ0) is 22.2. The largest absolute Gasteiger partial charge is 0.399 e. The maximum atomic E-state index is 6.36. The topological polar surface area (TPSA) is 93.7 Å². The van der Waals surface area contributed by atoms with Crippen LogP contribution in [0.4, 0.5) is 23.1 Å². The van der Waals surface area contributed by atoms with Gasteiger partial charge in [-0.05, 0) is 41.8 Å². The van der Waals surface area contributed by atoms with Gasteiger partial charge in [-0.15, -0.1) is 0 Å². The number of pyridine rings is 1. The van der Waals surface area contributed by atoms with E-state index in [2.05, 4.69) is 61.8 Å². The number of fused-ring (bicyclic) bond motifs is 2. The Morgan fingerprint density at radius 1 is 1.34 bits per heavy atom. The first-order chi connectivity index (χ1) is 15.5. The van der Waals surface area contributed by atoms with E-state index in [4.69, 9.17) is 20.2 Å². The monoisotopic (exact) mass is 569 g/mol. The minimum atomic E-state index is 0.240. The number of nitrogens with one attached hydrogen (secondary N) is 1. The zero-order valence-electron chi connectivity index (χ0n) is 18.1. The second-order valence-corrected chi connectivity index (χ2v) is 10.7. The summed E-state index contributed by atoms with van der Waals surface area (Å²) in [4.78, 5) is 9.72. The average Bonchev–Trinajstić information content (AvgIpc) is 3.38. The van der Waals surface area contributed by atoms with Gasteiger partial charge in [0.1, 0.15) is 11.6 Å². The predicted molar refractivity (Wildman–Crippen MR) is 138 cm³/mol. The van der Waals surface area contributed by atoms with E-state index in [9.17, 15) is 0 Å². The summed E-state index contributed by atoms with van der Waals surface area (Å²) in [6.07, 6.45) is 5.24. The van der Waals surface area contributed by atoms with Crippen molar-refractivity contribution in [3.63, 3.8) is 0 Å². The number of rotatable bonds is 6. The fraction of sp³-hybridized carbons (Fsp3) is 0.524. The number of ether oxygens (including phenoxy) is 2. The van der Waals surface area contributed by atoms with Gasteiger partial charge in [-0.1, -0.05) is 6.58 Å². The lowest BCUT2D eigenvalue weighted by Crippen LogP contribution is -2.45. The summed E-state index contributed by atoms with van der Waals surface area (Å²) in [5.74, 6) is 2.34. The molecule has 2 bridgehead atoms. The van der Waals surface area contributed by atoms with Crippen molar-refractivity contribution in [3.8, 4) is 0 Å². The van der Waals surface area contributed by atoms with E-state index in [1.807, 2.05) is 16.7 Å². The molecule has 5 rings (SSSR count). The molecule has 3 aliphatic rings. The number of aromatic nitrogens is 3. The third-order valence-electron chi connectivity index (χ3n) is 6.27.